The van der Waals surface area contributed by atoms with Crippen LogP contribution in [0.15, 0.2) is 28.4 Å². The Bertz CT molecular complexity index is 889. The van der Waals surface area contributed by atoms with Gasteiger partial charge < -0.3 is 14.2 Å². The minimum Gasteiger partial charge on any atom is -0.496 e. The van der Waals surface area contributed by atoms with Crippen LogP contribution in [0.4, 0.5) is 0 Å². The number of carbonyl (C=O) groups is 1. The Morgan fingerprint density at radius 3 is 2.71 bits per heavy atom. The van der Waals surface area contributed by atoms with Crippen LogP contribution in [-0.4, -0.2) is 65.1 Å². The standard InChI is InChI=1S/C20H25N3O3S2/c1-26-17-13-18(24)23-7-6-21(14-15-3-2-10-28-15)5-4-16(23)19(17)20(25)22-8-11-27-12-9-22/h2-3,10,13H,4-9,11-12,14H2,1H3. The van der Waals surface area contributed by atoms with Crippen molar-refractivity contribution in [3.63, 3.8) is 0 Å². The van der Waals surface area contributed by atoms with Gasteiger partial charge in [0.05, 0.1) is 7.11 Å². The summed E-state index contributed by atoms with van der Waals surface area (Å²) in [6.07, 6.45) is 0.668. The fraction of sp³-hybridized carbons (Fsp3) is 0.500. The molecule has 2 aromatic rings. The highest BCUT2D eigenvalue weighted by molar-refractivity contribution is 7.99. The highest BCUT2D eigenvalue weighted by atomic mass is 32.2. The van der Waals surface area contributed by atoms with Crippen LogP contribution in [0.1, 0.15) is 20.9 Å². The molecule has 0 spiro atoms. The fourth-order valence-electron chi connectivity index (χ4n) is 3.89. The number of carbonyl (C=O) groups excluding carboxylic acids is 1. The Morgan fingerprint density at radius 2 is 2.00 bits per heavy atom. The first kappa shape index (κ1) is 19.5. The molecule has 2 aliphatic rings. The minimum atomic E-state index is -0.0874. The first-order valence-electron chi connectivity index (χ1n) is 9.60. The molecule has 1 amide bonds. The lowest BCUT2D eigenvalue weighted by Crippen LogP contribution is -2.39. The second kappa shape index (κ2) is 8.71. The Hall–Kier alpha value is -1.77. The van der Waals surface area contributed by atoms with Gasteiger partial charge in [-0.3, -0.25) is 14.5 Å². The van der Waals surface area contributed by atoms with Gasteiger partial charge in [0.25, 0.3) is 11.5 Å². The molecule has 0 radical (unpaired) electrons. The number of pyridine rings is 1. The number of ether oxygens (including phenoxy) is 1. The number of hydrogen-bond donors (Lipinski definition) is 0. The SMILES string of the molecule is COc1cc(=O)n2c(c1C(=O)N1CCSCC1)CCN(Cc1cccs1)CC2. The minimum absolute atomic E-state index is 0.00685. The van der Waals surface area contributed by atoms with Crippen molar-refractivity contribution in [1.29, 1.82) is 0 Å². The van der Waals surface area contributed by atoms with Crippen LogP contribution in [0.2, 0.25) is 0 Å². The molecule has 0 unspecified atom stereocenters. The second-order valence-corrected chi connectivity index (χ2v) is 9.29. The lowest BCUT2D eigenvalue weighted by Gasteiger charge is -2.28. The summed E-state index contributed by atoms with van der Waals surface area (Å²) in [6.45, 7) is 4.58. The first-order chi connectivity index (χ1) is 13.7. The van der Waals surface area contributed by atoms with Crippen molar-refractivity contribution in [2.45, 2.75) is 19.5 Å². The van der Waals surface area contributed by atoms with E-state index in [2.05, 4.69) is 22.4 Å². The zero-order valence-corrected chi connectivity index (χ0v) is 17.7. The van der Waals surface area contributed by atoms with Crippen LogP contribution in [0, 0.1) is 0 Å². The highest BCUT2D eigenvalue weighted by Crippen LogP contribution is 2.26. The smallest absolute Gasteiger partial charge is 0.259 e. The van der Waals surface area contributed by atoms with E-state index in [1.807, 2.05) is 16.7 Å². The maximum atomic E-state index is 13.3. The predicted molar refractivity (Wildman–Crippen MR) is 114 cm³/mol. The maximum Gasteiger partial charge on any atom is 0.259 e. The van der Waals surface area contributed by atoms with Crippen LogP contribution in [0.25, 0.3) is 0 Å². The van der Waals surface area contributed by atoms with E-state index in [4.69, 9.17) is 4.74 Å². The van der Waals surface area contributed by atoms with Crippen LogP contribution >= 0.6 is 23.1 Å². The lowest BCUT2D eigenvalue weighted by atomic mass is 10.1. The summed E-state index contributed by atoms with van der Waals surface area (Å²) >= 11 is 3.62. The lowest BCUT2D eigenvalue weighted by molar-refractivity contribution is 0.0766. The van der Waals surface area contributed by atoms with Gasteiger partial charge in [0.2, 0.25) is 0 Å². The van der Waals surface area contributed by atoms with E-state index < -0.39 is 0 Å². The summed E-state index contributed by atoms with van der Waals surface area (Å²) in [5.41, 5.74) is 1.31. The Balaban J connectivity index is 1.65. The normalized spacial score (nSPS) is 17.8. The number of methoxy groups -OCH3 is 1. The summed E-state index contributed by atoms with van der Waals surface area (Å²) in [7, 11) is 1.54. The van der Waals surface area contributed by atoms with Gasteiger partial charge in [0.1, 0.15) is 11.3 Å². The van der Waals surface area contributed by atoms with Crippen LogP contribution in [0.3, 0.4) is 0 Å². The summed E-state index contributed by atoms with van der Waals surface area (Å²) in [4.78, 5) is 31.6. The molecular formula is C20H25N3O3S2. The number of thiophene rings is 1. The molecule has 2 aromatic heterocycles. The molecule has 6 nitrogen and oxygen atoms in total. The van der Waals surface area contributed by atoms with Crippen LogP contribution in [-0.2, 0) is 19.5 Å². The van der Waals surface area contributed by atoms with Crippen molar-refractivity contribution in [3.8, 4) is 5.75 Å². The molecular weight excluding hydrogens is 394 g/mol. The van der Waals surface area contributed by atoms with Gasteiger partial charge in [0, 0.05) is 73.8 Å². The van der Waals surface area contributed by atoms with Crippen molar-refractivity contribution in [3.05, 3.63) is 50.1 Å². The molecule has 0 atom stereocenters. The number of aromatic nitrogens is 1. The summed E-state index contributed by atoms with van der Waals surface area (Å²) in [5, 5.41) is 2.09. The van der Waals surface area contributed by atoms with E-state index in [0.29, 0.717) is 24.3 Å². The van der Waals surface area contributed by atoms with E-state index in [0.717, 1.165) is 49.9 Å². The third kappa shape index (κ3) is 3.99. The third-order valence-corrected chi connectivity index (χ3v) is 7.18. The molecule has 1 fully saturated rings. The van der Waals surface area contributed by atoms with E-state index in [1.54, 1.807) is 15.9 Å². The fourth-order valence-corrected chi connectivity index (χ4v) is 5.54. The van der Waals surface area contributed by atoms with Gasteiger partial charge in [-0.2, -0.15) is 11.8 Å². The topological polar surface area (TPSA) is 54.8 Å². The highest BCUT2D eigenvalue weighted by Gasteiger charge is 2.29. The zero-order chi connectivity index (χ0) is 19.5. The molecule has 1 saturated heterocycles. The number of thioether (sulfide) groups is 1. The molecule has 0 N–H and O–H groups in total. The molecule has 0 saturated carbocycles. The summed E-state index contributed by atoms with van der Waals surface area (Å²) in [5.74, 6) is 2.31. The molecule has 28 heavy (non-hydrogen) atoms. The largest absolute Gasteiger partial charge is 0.496 e. The van der Waals surface area contributed by atoms with Gasteiger partial charge >= 0.3 is 0 Å². The molecule has 0 bridgehead atoms. The number of fused-ring (bicyclic) bond motifs is 1. The second-order valence-electron chi connectivity index (χ2n) is 7.03. The van der Waals surface area contributed by atoms with Gasteiger partial charge in [-0.25, -0.2) is 0 Å². The molecule has 2 aliphatic heterocycles. The van der Waals surface area contributed by atoms with Crippen molar-refractivity contribution >= 4 is 29.0 Å². The van der Waals surface area contributed by atoms with Crippen molar-refractivity contribution in [2.24, 2.45) is 0 Å². The molecule has 0 aliphatic carbocycles. The van der Waals surface area contributed by atoms with E-state index in [9.17, 15) is 9.59 Å². The third-order valence-electron chi connectivity index (χ3n) is 5.38. The molecule has 150 valence electrons. The Labute approximate surface area is 173 Å². The summed E-state index contributed by atoms with van der Waals surface area (Å²) in [6, 6.07) is 5.68. The van der Waals surface area contributed by atoms with Gasteiger partial charge in [-0.1, -0.05) is 6.07 Å². The predicted octanol–water partition coefficient (Wildman–Crippen LogP) is 2.17. The Kier molecular flexibility index (Phi) is 6.08. The van der Waals surface area contributed by atoms with Crippen LogP contribution in [0.5, 0.6) is 5.75 Å². The molecule has 4 heterocycles. The number of amides is 1. The first-order valence-corrected chi connectivity index (χ1v) is 11.6. The van der Waals surface area contributed by atoms with Crippen molar-refractivity contribution < 1.29 is 9.53 Å². The molecule has 4 rings (SSSR count). The number of nitrogens with zero attached hydrogens (tertiary/aromatic N) is 3. The van der Waals surface area contributed by atoms with Crippen molar-refractivity contribution in [2.75, 3.05) is 44.8 Å². The Morgan fingerprint density at radius 1 is 1.18 bits per heavy atom. The summed E-state index contributed by atoms with van der Waals surface area (Å²) < 4.78 is 7.26. The van der Waals surface area contributed by atoms with Crippen LogP contribution < -0.4 is 10.3 Å². The van der Waals surface area contributed by atoms with Gasteiger partial charge in [-0.05, 0) is 11.4 Å². The molecule has 8 heteroatoms. The van der Waals surface area contributed by atoms with Gasteiger partial charge in [0.15, 0.2) is 0 Å². The van der Waals surface area contributed by atoms with E-state index in [1.165, 1.54) is 18.1 Å². The van der Waals surface area contributed by atoms with Gasteiger partial charge in [-0.15, -0.1) is 11.3 Å². The monoisotopic (exact) mass is 419 g/mol. The quantitative estimate of drug-likeness (QED) is 0.760. The number of hydrogen-bond acceptors (Lipinski definition) is 6. The van der Waals surface area contributed by atoms with E-state index >= 15 is 0 Å². The average molecular weight is 420 g/mol. The zero-order valence-electron chi connectivity index (χ0n) is 16.1. The molecule has 0 aromatic carbocycles. The van der Waals surface area contributed by atoms with E-state index in [-0.39, 0.29) is 11.5 Å². The average Bonchev–Trinajstić information content (AvgIpc) is 3.14. The number of rotatable bonds is 4. The maximum absolute atomic E-state index is 13.3. The van der Waals surface area contributed by atoms with Crippen molar-refractivity contribution in [1.82, 2.24) is 14.4 Å².